The van der Waals surface area contributed by atoms with E-state index in [2.05, 4.69) is 25.5 Å². The van der Waals surface area contributed by atoms with Crippen LogP contribution >= 0.6 is 11.6 Å². The second-order valence-corrected chi connectivity index (χ2v) is 6.05. The largest absolute Gasteiger partial charge is 0.345 e. The van der Waals surface area contributed by atoms with Gasteiger partial charge < -0.3 is 9.88 Å². The number of aromatic amines is 1. The summed E-state index contributed by atoms with van der Waals surface area (Å²) in [5.74, 6) is 1.58. The Hall–Kier alpha value is -2.48. The standard InChI is InChI=1S/C15H18ClN7O/c1-10-19-20-21-23(10)8-6-15(24)22(2)7-5-14-17-12-4-3-11(16)9-13(12)18-14/h3-4,9H,5-8H2,1-2H3,(H,17,18). The van der Waals surface area contributed by atoms with E-state index < -0.39 is 0 Å². The van der Waals surface area contributed by atoms with E-state index in [9.17, 15) is 4.79 Å². The SMILES string of the molecule is Cc1nnnn1CCC(=O)N(C)CCc1nc2ccc(Cl)cc2[nH]1. The van der Waals surface area contributed by atoms with Gasteiger partial charge in [-0.1, -0.05) is 11.6 Å². The highest BCUT2D eigenvalue weighted by Gasteiger charge is 2.11. The summed E-state index contributed by atoms with van der Waals surface area (Å²) in [4.78, 5) is 21.6. The van der Waals surface area contributed by atoms with E-state index in [0.29, 0.717) is 36.8 Å². The molecule has 0 aliphatic heterocycles. The number of aromatic nitrogens is 6. The van der Waals surface area contributed by atoms with Gasteiger partial charge in [-0.3, -0.25) is 4.79 Å². The van der Waals surface area contributed by atoms with E-state index in [1.54, 1.807) is 16.6 Å². The number of imidazole rings is 1. The van der Waals surface area contributed by atoms with Crippen LogP contribution in [0.25, 0.3) is 11.0 Å². The van der Waals surface area contributed by atoms with Crippen molar-refractivity contribution in [2.45, 2.75) is 26.3 Å². The molecule has 126 valence electrons. The van der Waals surface area contributed by atoms with Crippen LogP contribution in [0.5, 0.6) is 0 Å². The first kappa shape index (κ1) is 16.4. The molecule has 0 fully saturated rings. The predicted octanol–water partition coefficient (Wildman–Crippen LogP) is 1.60. The molecule has 0 bridgehead atoms. The van der Waals surface area contributed by atoms with Gasteiger partial charge in [0.05, 0.1) is 17.6 Å². The molecule has 3 aromatic rings. The Bertz CT molecular complexity index is 857. The third-order valence-corrected chi connectivity index (χ3v) is 4.09. The number of nitrogens with zero attached hydrogens (tertiary/aromatic N) is 6. The van der Waals surface area contributed by atoms with Crippen LogP contribution in [0, 0.1) is 6.92 Å². The van der Waals surface area contributed by atoms with Crippen molar-refractivity contribution in [2.75, 3.05) is 13.6 Å². The number of halogens is 1. The molecule has 1 amide bonds. The van der Waals surface area contributed by atoms with Crippen LogP contribution in [-0.2, 0) is 17.8 Å². The zero-order chi connectivity index (χ0) is 17.1. The lowest BCUT2D eigenvalue weighted by Crippen LogP contribution is -2.30. The van der Waals surface area contributed by atoms with E-state index in [4.69, 9.17) is 11.6 Å². The molecular formula is C15H18ClN7O. The topological polar surface area (TPSA) is 92.6 Å². The second kappa shape index (κ2) is 6.96. The van der Waals surface area contributed by atoms with Crippen molar-refractivity contribution < 1.29 is 4.79 Å². The van der Waals surface area contributed by atoms with E-state index in [-0.39, 0.29) is 5.91 Å². The quantitative estimate of drug-likeness (QED) is 0.731. The molecule has 2 aromatic heterocycles. The second-order valence-electron chi connectivity index (χ2n) is 5.61. The summed E-state index contributed by atoms with van der Waals surface area (Å²) in [7, 11) is 1.79. The molecule has 3 rings (SSSR count). The van der Waals surface area contributed by atoms with Crippen LogP contribution < -0.4 is 0 Å². The van der Waals surface area contributed by atoms with Gasteiger partial charge in [0.2, 0.25) is 5.91 Å². The van der Waals surface area contributed by atoms with Crippen LogP contribution in [-0.4, -0.2) is 54.6 Å². The molecule has 0 aliphatic rings. The number of benzene rings is 1. The molecule has 1 aromatic carbocycles. The van der Waals surface area contributed by atoms with Crippen LogP contribution in [0.3, 0.4) is 0 Å². The van der Waals surface area contributed by atoms with E-state index in [0.717, 1.165) is 16.9 Å². The maximum Gasteiger partial charge on any atom is 0.224 e. The minimum atomic E-state index is 0.0454. The fourth-order valence-corrected chi connectivity index (χ4v) is 2.57. The summed E-state index contributed by atoms with van der Waals surface area (Å²) in [5.41, 5.74) is 1.78. The predicted molar refractivity (Wildman–Crippen MR) is 89.6 cm³/mol. The zero-order valence-corrected chi connectivity index (χ0v) is 14.3. The fourth-order valence-electron chi connectivity index (χ4n) is 2.40. The van der Waals surface area contributed by atoms with Gasteiger partial charge in [-0.2, -0.15) is 0 Å². The summed E-state index contributed by atoms with van der Waals surface area (Å²) >= 11 is 5.97. The Morgan fingerprint density at radius 1 is 1.42 bits per heavy atom. The average molecular weight is 348 g/mol. The number of nitrogens with one attached hydrogen (secondary N) is 1. The number of fused-ring (bicyclic) bond motifs is 1. The van der Waals surface area contributed by atoms with E-state index in [1.165, 1.54) is 0 Å². The molecule has 1 N–H and O–H groups in total. The van der Waals surface area contributed by atoms with Gasteiger partial charge in [-0.15, -0.1) is 5.10 Å². The number of tetrazole rings is 1. The summed E-state index contributed by atoms with van der Waals surface area (Å²) in [6.07, 6.45) is 1.01. The van der Waals surface area contributed by atoms with E-state index >= 15 is 0 Å². The third kappa shape index (κ3) is 3.70. The molecule has 0 radical (unpaired) electrons. The number of hydrogen-bond donors (Lipinski definition) is 1. The van der Waals surface area contributed by atoms with Crippen molar-refractivity contribution in [1.29, 1.82) is 0 Å². The summed E-state index contributed by atoms with van der Waals surface area (Å²) < 4.78 is 1.62. The normalized spacial score (nSPS) is 11.1. The maximum atomic E-state index is 12.2. The first-order chi connectivity index (χ1) is 11.5. The van der Waals surface area contributed by atoms with Gasteiger partial charge in [0, 0.05) is 31.5 Å². The molecule has 9 heteroatoms. The Labute approximate surface area is 143 Å². The monoisotopic (exact) mass is 347 g/mol. The molecule has 0 spiro atoms. The molecule has 0 saturated carbocycles. The van der Waals surface area contributed by atoms with Crippen LogP contribution in [0.1, 0.15) is 18.1 Å². The minimum absolute atomic E-state index is 0.0454. The lowest BCUT2D eigenvalue weighted by Gasteiger charge is -2.16. The van der Waals surface area contributed by atoms with Gasteiger partial charge in [-0.25, -0.2) is 9.67 Å². The smallest absolute Gasteiger partial charge is 0.224 e. The van der Waals surface area contributed by atoms with Crippen LogP contribution in [0.4, 0.5) is 0 Å². The minimum Gasteiger partial charge on any atom is -0.345 e. The number of carbonyl (C=O) groups is 1. The van der Waals surface area contributed by atoms with Crippen molar-refractivity contribution in [3.05, 3.63) is 34.9 Å². The highest BCUT2D eigenvalue weighted by Crippen LogP contribution is 2.17. The Kier molecular flexibility index (Phi) is 4.75. The third-order valence-electron chi connectivity index (χ3n) is 3.85. The summed E-state index contributed by atoms with van der Waals surface area (Å²) in [6, 6.07) is 5.53. The van der Waals surface area contributed by atoms with Crippen molar-refractivity contribution in [3.8, 4) is 0 Å². The molecule has 0 saturated heterocycles. The number of aryl methyl sites for hydroxylation is 2. The van der Waals surface area contributed by atoms with Crippen LogP contribution in [0.2, 0.25) is 5.02 Å². The van der Waals surface area contributed by atoms with Gasteiger partial charge in [0.15, 0.2) is 0 Å². The van der Waals surface area contributed by atoms with Gasteiger partial charge in [-0.05, 0) is 35.5 Å². The highest BCUT2D eigenvalue weighted by atomic mass is 35.5. The molecule has 2 heterocycles. The number of likely N-dealkylation sites (N-methyl/N-ethyl adjacent to an activating group) is 1. The van der Waals surface area contributed by atoms with Crippen molar-refractivity contribution >= 4 is 28.5 Å². The lowest BCUT2D eigenvalue weighted by atomic mass is 10.3. The van der Waals surface area contributed by atoms with Gasteiger partial charge >= 0.3 is 0 Å². The Balaban J connectivity index is 1.53. The molecule has 0 atom stereocenters. The molecule has 24 heavy (non-hydrogen) atoms. The van der Waals surface area contributed by atoms with Crippen molar-refractivity contribution in [1.82, 2.24) is 35.1 Å². The van der Waals surface area contributed by atoms with Crippen molar-refractivity contribution in [2.24, 2.45) is 0 Å². The van der Waals surface area contributed by atoms with Gasteiger partial charge in [0.1, 0.15) is 11.6 Å². The average Bonchev–Trinajstić information content (AvgIpc) is 3.15. The number of hydrogen-bond acceptors (Lipinski definition) is 5. The van der Waals surface area contributed by atoms with Gasteiger partial charge in [0.25, 0.3) is 0 Å². The first-order valence-corrected chi connectivity index (χ1v) is 8.01. The Morgan fingerprint density at radius 2 is 2.25 bits per heavy atom. The number of rotatable bonds is 6. The molecule has 8 nitrogen and oxygen atoms in total. The van der Waals surface area contributed by atoms with E-state index in [1.807, 2.05) is 25.1 Å². The lowest BCUT2D eigenvalue weighted by molar-refractivity contribution is -0.130. The summed E-state index contributed by atoms with van der Waals surface area (Å²) in [5, 5.41) is 11.9. The fraction of sp³-hybridized carbons (Fsp3) is 0.400. The van der Waals surface area contributed by atoms with Crippen molar-refractivity contribution in [3.63, 3.8) is 0 Å². The number of H-pyrrole nitrogens is 1. The Morgan fingerprint density at radius 3 is 3.00 bits per heavy atom. The summed E-state index contributed by atoms with van der Waals surface area (Å²) in [6.45, 7) is 2.87. The zero-order valence-electron chi connectivity index (χ0n) is 13.5. The highest BCUT2D eigenvalue weighted by molar-refractivity contribution is 6.31. The molecule has 0 aliphatic carbocycles. The molecule has 0 unspecified atom stereocenters. The van der Waals surface area contributed by atoms with Crippen LogP contribution in [0.15, 0.2) is 18.2 Å². The first-order valence-electron chi connectivity index (χ1n) is 7.64. The molecular weight excluding hydrogens is 330 g/mol. The number of carbonyl (C=O) groups excluding carboxylic acids is 1. The number of amides is 1. The maximum absolute atomic E-state index is 12.2.